The molecule has 3 aromatic rings. The van der Waals surface area contributed by atoms with Gasteiger partial charge in [0.25, 0.3) is 5.91 Å². The molecule has 0 saturated carbocycles. The van der Waals surface area contributed by atoms with E-state index in [2.05, 4.69) is 15.4 Å². The molecule has 8 heteroatoms. The third-order valence-corrected chi connectivity index (χ3v) is 3.76. The van der Waals surface area contributed by atoms with Gasteiger partial charge in [0, 0.05) is 17.4 Å². The molecule has 0 unspecified atom stereocenters. The van der Waals surface area contributed by atoms with Gasteiger partial charge in [-0.15, -0.1) is 0 Å². The van der Waals surface area contributed by atoms with E-state index in [0.717, 1.165) is 23.5 Å². The van der Waals surface area contributed by atoms with Gasteiger partial charge in [-0.05, 0) is 44.2 Å². The average molecular weight is 363 g/mol. The van der Waals surface area contributed by atoms with E-state index in [1.807, 2.05) is 19.9 Å². The summed E-state index contributed by atoms with van der Waals surface area (Å²) in [6, 6.07) is 8.08. The minimum absolute atomic E-state index is 0.0450. The van der Waals surface area contributed by atoms with Crippen molar-refractivity contribution in [3.05, 3.63) is 70.1 Å². The van der Waals surface area contributed by atoms with E-state index >= 15 is 0 Å². The molecule has 2 aromatic heterocycles. The number of hydrogen-bond acceptors (Lipinski definition) is 3. The molecule has 3 rings (SSSR count). The maximum Gasteiger partial charge on any atom is 0.275 e. The number of aryl methyl sites for hydroxylation is 2. The summed E-state index contributed by atoms with van der Waals surface area (Å²) in [5.74, 6) is -2.28. The highest BCUT2D eigenvalue weighted by atomic mass is 35.5. The zero-order valence-electron chi connectivity index (χ0n) is 13.3. The van der Waals surface area contributed by atoms with Crippen molar-refractivity contribution in [2.24, 2.45) is 0 Å². The molecule has 25 heavy (non-hydrogen) atoms. The zero-order valence-corrected chi connectivity index (χ0v) is 14.1. The number of benzene rings is 1. The van der Waals surface area contributed by atoms with Crippen LogP contribution < -0.4 is 5.32 Å². The topological polar surface area (TPSA) is 59.8 Å². The summed E-state index contributed by atoms with van der Waals surface area (Å²) in [6.07, 6.45) is 0. The molecule has 0 radical (unpaired) electrons. The van der Waals surface area contributed by atoms with E-state index in [0.29, 0.717) is 5.82 Å². The van der Waals surface area contributed by atoms with Crippen LogP contribution in [-0.4, -0.2) is 20.7 Å². The Morgan fingerprint density at radius 1 is 1.12 bits per heavy atom. The second-order valence-electron chi connectivity index (χ2n) is 5.42. The summed E-state index contributed by atoms with van der Waals surface area (Å²) in [5.41, 5.74) is 1.70. The fraction of sp³-hybridized carbons (Fsp3) is 0.118. The van der Waals surface area contributed by atoms with Crippen molar-refractivity contribution in [2.75, 3.05) is 5.32 Å². The number of aromatic nitrogens is 3. The van der Waals surface area contributed by atoms with E-state index in [4.69, 9.17) is 11.6 Å². The molecule has 0 aliphatic heterocycles. The second kappa shape index (κ2) is 6.60. The molecule has 0 aliphatic rings. The summed E-state index contributed by atoms with van der Waals surface area (Å²) < 4.78 is 27.8. The van der Waals surface area contributed by atoms with Crippen molar-refractivity contribution in [3.63, 3.8) is 0 Å². The highest BCUT2D eigenvalue weighted by molar-refractivity contribution is 6.34. The lowest BCUT2D eigenvalue weighted by Crippen LogP contribution is -2.16. The molecule has 5 nitrogen and oxygen atoms in total. The number of amides is 1. The average Bonchev–Trinajstić information content (AvgIpc) is 2.90. The zero-order chi connectivity index (χ0) is 18.1. The Kier molecular flexibility index (Phi) is 4.50. The lowest BCUT2D eigenvalue weighted by Gasteiger charge is -2.09. The number of nitrogens with one attached hydrogen (secondary N) is 1. The maximum absolute atomic E-state index is 13.3. The van der Waals surface area contributed by atoms with E-state index < -0.39 is 17.5 Å². The summed E-state index contributed by atoms with van der Waals surface area (Å²) in [5, 5.41) is 6.88. The molecule has 0 atom stereocenters. The molecule has 2 heterocycles. The Bertz CT molecular complexity index is 971. The van der Waals surface area contributed by atoms with Gasteiger partial charge in [-0.2, -0.15) is 5.10 Å². The van der Waals surface area contributed by atoms with Gasteiger partial charge in [0.2, 0.25) is 0 Å². The van der Waals surface area contributed by atoms with Crippen LogP contribution in [0.2, 0.25) is 5.02 Å². The number of hydrogen-bond donors (Lipinski definition) is 1. The fourth-order valence-corrected chi connectivity index (χ4v) is 2.53. The van der Waals surface area contributed by atoms with Gasteiger partial charge in [-0.25, -0.2) is 18.4 Å². The molecule has 1 amide bonds. The Balaban J connectivity index is 1.93. The fourth-order valence-electron chi connectivity index (χ4n) is 2.33. The van der Waals surface area contributed by atoms with E-state index in [9.17, 15) is 13.6 Å². The lowest BCUT2D eigenvalue weighted by molar-refractivity contribution is 0.102. The molecule has 0 aliphatic carbocycles. The number of anilines is 1. The predicted octanol–water partition coefficient (Wildman–Crippen LogP) is 4.07. The molecular formula is C17H13ClF2N4O. The van der Waals surface area contributed by atoms with Crippen molar-refractivity contribution >= 4 is 23.2 Å². The predicted molar refractivity (Wildman–Crippen MR) is 90.2 cm³/mol. The van der Waals surface area contributed by atoms with Crippen LogP contribution in [0.25, 0.3) is 5.82 Å². The van der Waals surface area contributed by atoms with Gasteiger partial charge >= 0.3 is 0 Å². The van der Waals surface area contributed by atoms with Crippen LogP contribution in [0.4, 0.5) is 14.5 Å². The van der Waals surface area contributed by atoms with Crippen LogP contribution in [-0.2, 0) is 0 Å². The maximum atomic E-state index is 13.3. The number of nitrogens with zero attached hydrogens (tertiary/aromatic N) is 3. The Morgan fingerprint density at radius 2 is 1.88 bits per heavy atom. The van der Waals surface area contributed by atoms with Crippen molar-refractivity contribution in [1.82, 2.24) is 14.8 Å². The van der Waals surface area contributed by atoms with Gasteiger partial charge in [0.1, 0.15) is 5.69 Å². The summed E-state index contributed by atoms with van der Waals surface area (Å²) >= 11 is 6.06. The van der Waals surface area contributed by atoms with Crippen LogP contribution >= 0.6 is 11.6 Å². The monoisotopic (exact) mass is 362 g/mol. The molecule has 0 fully saturated rings. The summed E-state index contributed by atoms with van der Waals surface area (Å²) in [7, 11) is 0. The third kappa shape index (κ3) is 3.51. The Hall–Kier alpha value is -2.80. The van der Waals surface area contributed by atoms with Crippen molar-refractivity contribution in [2.45, 2.75) is 13.8 Å². The molecule has 0 saturated heterocycles. The molecule has 0 spiro atoms. The first-order valence-electron chi connectivity index (χ1n) is 7.32. The second-order valence-corrected chi connectivity index (χ2v) is 5.83. The molecule has 128 valence electrons. The first-order chi connectivity index (χ1) is 11.8. The van der Waals surface area contributed by atoms with Crippen LogP contribution in [0.15, 0.2) is 36.4 Å². The third-order valence-electron chi connectivity index (χ3n) is 3.45. The highest BCUT2D eigenvalue weighted by Gasteiger charge is 2.16. The van der Waals surface area contributed by atoms with Crippen molar-refractivity contribution in [1.29, 1.82) is 0 Å². The minimum Gasteiger partial charge on any atom is -0.320 e. The quantitative estimate of drug-likeness (QED) is 0.764. The first kappa shape index (κ1) is 17.0. The summed E-state index contributed by atoms with van der Waals surface area (Å²) in [4.78, 5) is 16.6. The van der Waals surface area contributed by atoms with Crippen LogP contribution in [0, 0.1) is 25.5 Å². The number of rotatable bonds is 3. The number of halogens is 3. The van der Waals surface area contributed by atoms with Gasteiger partial charge in [0.15, 0.2) is 17.5 Å². The molecule has 0 bridgehead atoms. The number of carbonyl (C=O) groups is 1. The smallest absolute Gasteiger partial charge is 0.275 e. The highest BCUT2D eigenvalue weighted by Crippen LogP contribution is 2.20. The molecule has 1 aromatic carbocycles. The standard InChI is InChI=1S/C17H13ClF2N4O/c1-9-7-10(2)24(23-9)15-6-4-12(18)16(22-15)17(25)21-11-3-5-13(19)14(20)8-11/h3-8H,1-2H3,(H,21,25). The lowest BCUT2D eigenvalue weighted by atomic mass is 10.2. The van der Waals surface area contributed by atoms with Crippen LogP contribution in [0.5, 0.6) is 0 Å². The van der Waals surface area contributed by atoms with Crippen LogP contribution in [0.3, 0.4) is 0 Å². The van der Waals surface area contributed by atoms with E-state index in [1.54, 1.807) is 10.7 Å². The largest absolute Gasteiger partial charge is 0.320 e. The van der Waals surface area contributed by atoms with E-state index in [1.165, 1.54) is 12.1 Å². The number of pyridine rings is 1. The van der Waals surface area contributed by atoms with Gasteiger partial charge in [0.05, 0.1) is 10.7 Å². The van der Waals surface area contributed by atoms with Crippen molar-refractivity contribution in [3.8, 4) is 5.82 Å². The molecular weight excluding hydrogens is 350 g/mol. The molecule has 1 N–H and O–H groups in total. The normalized spacial score (nSPS) is 10.8. The van der Waals surface area contributed by atoms with E-state index in [-0.39, 0.29) is 16.4 Å². The Morgan fingerprint density at radius 3 is 2.52 bits per heavy atom. The van der Waals surface area contributed by atoms with Crippen LogP contribution in [0.1, 0.15) is 21.9 Å². The Labute approximate surface area is 147 Å². The van der Waals surface area contributed by atoms with Gasteiger partial charge < -0.3 is 5.32 Å². The van der Waals surface area contributed by atoms with Gasteiger partial charge in [-0.3, -0.25) is 4.79 Å². The summed E-state index contributed by atoms with van der Waals surface area (Å²) in [6.45, 7) is 3.70. The minimum atomic E-state index is -1.06. The first-order valence-corrected chi connectivity index (χ1v) is 7.69. The van der Waals surface area contributed by atoms with Gasteiger partial charge in [-0.1, -0.05) is 11.6 Å². The SMILES string of the molecule is Cc1cc(C)n(-c2ccc(Cl)c(C(=O)Nc3ccc(F)c(F)c3)n2)n1. The number of carbonyl (C=O) groups excluding carboxylic acids is 1. The van der Waals surface area contributed by atoms with Crippen molar-refractivity contribution < 1.29 is 13.6 Å².